The lowest BCUT2D eigenvalue weighted by Gasteiger charge is -1.70. The molecule has 0 aliphatic carbocycles. The Hall–Kier alpha value is -1.25. The summed E-state index contributed by atoms with van der Waals surface area (Å²) in [6, 6.07) is 1.75. The fourth-order valence-corrected chi connectivity index (χ4v) is 0.774. The summed E-state index contributed by atoms with van der Waals surface area (Å²) in [7, 11) is 0. The molecule has 0 N–H and O–H groups in total. The predicted octanol–water partition coefficient (Wildman–Crippen LogP) is 1.73. The molecule has 0 aliphatic rings. The Balaban J connectivity index is 2.92. The lowest BCUT2D eigenvalue weighted by molar-refractivity contribution is 0.559. The van der Waals surface area contributed by atoms with Crippen LogP contribution >= 0.6 is 0 Å². The fraction of sp³-hybridized carbons (Fsp3) is 0.167. The van der Waals surface area contributed by atoms with E-state index in [0.29, 0.717) is 17.2 Å². The van der Waals surface area contributed by atoms with Gasteiger partial charge in [-0.15, -0.1) is 0 Å². The lowest BCUT2D eigenvalue weighted by Crippen LogP contribution is -1.63. The highest BCUT2D eigenvalue weighted by Gasteiger charge is 2.01. The van der Waals surface area contributed by atoms with E-state index >= 15 is 0 Å². The van der Waals surface area contributed by atoms with Gasteiger partial charge in [0, 0.05) is 13.0 Å². The zero-order valence-corrected chi connectivity index (χ0v) is 4.92. The first-order valence-corrected chi connectivity index (χ1v) is 2.67. The molecule has 0 aromatic carbocycles. The molecule has 3 heteroatoms. The largest absolute Gasteiger partial charge is 0.444 e. The molecule has 3 nitrogen and oxygen atoms in total. The van der Waals surface area contributed by atoms with Gasteiger partial charge >= 0.3 is 0 Å². The number of fused-ring (bicyclic) bond motifs is 1. The third-order valence-corrected chi connectivity index (χ3v) is 1.13. The maximum Gasteiger partial charge on any atom is 0.265 e. The monoisotopic (exact) mass is 123 g/mol. The van der Waals surface area contributed by atoms with Crippen molar-refractivity contribution in [3.63, 3.8) is 0 Å². The minimum atomic E-state index is 0.576. The number of nitrogens with zero attached hydrogens (tertiary/aromatic N) is 1. The maximum absolute atomic E-state index is 5.10. The number of hydrogen-bond acceptors (Lipinski definition) is 3. The van der Waals surface area contributed by atoms with E-state index in [2.05, 4.69) is 4.98 Å². The predicted molar refractivity (Wildman–Crippen MR) is 31.0 cm³/mol. The molecule has 0 saturated heterocycles. The van der Waals surface area contributed by atoms with Crippen LogP contribution in [0, 0.1) is 6.92 Å². The van der Waals surface area contributed by atoms with Crippen molar-refractivity contribution in [2.75, 3.05) is 0 Å². The average molecular weight is 123 g/mol. The van der Waals surface area contributed by atoms with Crippen LogP contribution in [0.4, 0.5) is 0 Å². The highest BCUT2D eigenvalue weighted by Crippen LogP contribution is 2.14. The molecule has 0 unspecified atom stereocenters. The molecule has 0 aliphatic heterocycles. The molecule has 2 rings (SSSR count). The van der Waals surface area contributed by atoms with Crippen LogP contribution in [0.25, 0.3) is 11.3 Å². The van der Waals surface area contributed by atoms with Crippen LogP contribution in [0.15, 0.2) is 21.2 Å². The van der Waals surface area contributed by atoms with Gasteiger partial charge in [-0.1, -0.05) is 0 Å². The summed E-state index contributed by atoms with van der Waals surface area (Å²) in [5.74, 6) is 0.643. The molecule has 0 amide bonds. The van der Waals surface area contributed by atoms with Crippen molar-refractivity contribution in [1.29, 1.82) is 0 Å². The van der Waals surface area contributed by atoms with Crippen molar-refractivity contribution in [1.82, 2.24) is 4.98 Å². The molecule has 2 aromatic heterocycles. The molecule has 0 radical (unpaired) electrons. The van der Waals surface area contributed by atoms with Gasteiger partial charge in [-0.25, -0.2) is 0 Å². The Kier molecular flexibility index (Phi) is 0.704. The van der Waals surface area contributed by atoms with Gasteiger partial charge in [0.05, 0.1) is 6.26 Å². The molecule has 0 fully saturated rings. The second-order valence-corrected chi connectivity index (χ2v) is 1.82. The van der Waals surface area contributed by atoms with E-state index in [1.807, 2.05) is 0 Å². The van der Waals surface area contributed by atoms with E-state index in [1.165, 1.54) is 0 Å². The molecule has 0 spiro atoms. The number of aromatic nitrogens is 1. The van der Waals surface area contributed by atoms with Crippen LogP contribution < -0.4 is 0 Å². The van der Waals surface area contributed by atoms with E-state index in [-0.39, 0.29) is 0 Å². The van der Waals surface area contributed by atoms with Crippen molar-refractivity contribution in [2.45, 2.75) is 6.92 Å². The summed E-state index contributed by atoms with van der Waals surface area (Å²) in [4.78, 5) is 3.94. The van der Waals surface area contributed by atoms with Crippen molar-refractivity contribution >= 4 is 11.3 Å². The third-order valence-electron chi connectivity index (χ3n) is 1.13. The summed E-state index contributed by atoms with van der Waals surface area (Å²) in [6.45, 7) is 1.79. The van der Waals surface area contributed by atoms with E-state index < -0.39 is 0 Å². The van der Waals surface area contributed by atoms with Gasteiger partial charge in [-0.3, -0.25) is 0 Å². The molecule has 0 bridgehead atoms. The summed E-state index contributed by atoms with van der Waals surface area (Å²) in [5.41, 5.74) is 1.29. The Bertz CT molecular complexity index is 292. The number of aryl methyl sites for hydroxylation is 1. The normalized spacial score (nSPS) is 10.8. The summed E-state index contributed by atoms with van der Waals surface area (Å²) in [6.07, 6.45) is 1.56. The molecule has 2 aromatic rings. The molecular weight excluding hydrogens is 118 g/mol. The standard InChI is InChI=1S/C6H5NO2/c1-4-7-6-5(9-4)2-3-8-6/h2-3H,1H3. The quantitative estimate of drug-likeness (QED) is 0.535. The van der Waals surface area contributed by atoms with Crippen molar-refractivity contribution in [2.24, 2.45) is 0 Å². The Morgan fingerprint density at radius 1 is 1.56 bits per heavy atom. The SMILES string of the molecule is Cc1nc2occc2o1. The Labute approximate surface area is 51.3 Å². The zero-order valence-electron chi connectivity index (χ0n) is 4.92. The molecule has 0 saturated carbocycles. The highest BCUT2D eigenvalue weighted by atomic mass is 16.4. The van der Waals surface area contributed by atoms with E-state index in [1.54, 1.807) is 19.3 Å². The van der Waals surface area contributed by atoms with Crippen LogP contribution in [0.3, 0.4) is 0 Å². The zero-order chi connectivity index (χ0) is 6.27. The molecule has 0 atom stereocenters. The first-order valence-electron chi connectivity index (χ1n) is 2.67. The first kappa shape index (κ1) is 4.61. The minimum Gasteiger partial charge on any atom is -0.444 e. The number of hydrogen-bond donors (Lipinski definition) is 0. The van der Waals surface area contributed by atoms with Crippen LogP contribution in [-0.2, 0) is 0 Å². The summed E-state index contributed by atoms with van der Waals surface area (Å²) in [5, 5.41) is 0. The van der Waals surface area contributed by atoms with Crippen molar-refractivity contribution in [3.05, 3.63) is 18.2 Å². The highest BCUT2D eigenvalue weighted by molar-refractivity contribution is 5.65. The average Bonchev–Trinajstić information content (AvgIpc) is 2.22. The number of oxazole rings is 1. The molecule has 2 heterocycles. The summed E-state index contributed by atoms with van der Waals surface area (Å²) >= 11 is 0. The molecule has 9 heavy (non-hydrogen) atoms. The van der Waals surface area contributed by atoms with Crippen LogP contribution in [0.2, 0.25) is 0 Å². The van der Waals surface area contributed by atoms with Gasteiger partial charge in [-0.2, -0.15) is 4.98 Å². The number of rotatable bonds is 0. The molecule has 46 valence electrons. The molecular formula is C6H5NO2. The van der Waals surface area contributed by atoms with Gasteiger partial charge in [0.1, 0.15) is 0 Å². The topological polar surface area (TPSA) is 39.2 Å². The smallest absolute Gasteiger partial charge is 0.265 e. The summed E-state index contributed by atoms with van der Waals surface area (Å²) < 4.78 is 10.0. The third kappa shape index (κ3) is 0.543. The minimum absolute atomic E-state index is 0.576. The fourth-order valence-electron chi connectivity index (χ4n) is 0.774. The van der Waals surface area contributed by atoms with E-state index in [9.17, 15) is 0 Å². The second-order valence-electron chi connectivity index (χ2n) is 1.82. The van der Waals surface area contributed by atoms with Crippen molar-refractivity contribution < 1.29 is 8.83 Å². The van der Waals surface area contributed by atoms with E-state index in [4.69, 9.17) is 8.83 Å². The Morgan fingerprint density at radius 2 is 2.44 bits per heavy atom. The van der Waals surface area contributed by atoms with Gasteiger partial charge in [0.25, 0.3) is 5.71 Å². The van der Waals surface area contributed by atoms with Crippen LogP contribution in [-0.4, -0.2) is 4.98 Å². The van der Waals surface area contributed by atoms with E-state index in [0.717, 1.165) is 0 Å². The van der Waals surface area contributed by atoms with Crippen LogP contribution in [0.5, 0.6) is 0 Å². The van der Waals surface area contributed by atoms with Gasteiger partial charge in [0.2, 0.25) is 0 Å². The number of furan rings is 1. The first-order chi connectivity index (χ1) is 4.36. The van der Waals surface area contributed by atoms with Crippen LogP contribution in [0.1, 0.15) is 5.89 Å². The van der Waals surface area contributed by atoms with Gasteiger partial charge < -0.3 is 8.83 Å². The second kappa shape index (κ2) is 1.37. The maximum atomic E-state index is 5.10. The van der Waals surface area contributed by atoms with Gasteiger partial charge in [-0.05, 0) is 0 Å². The lowest BCUT2D eigenvalue weighted by atomic mass is 10.6. The van der Waals surface area contributed by atoms with Gasteiger partial charge in [0.15, 0.2) is 11.5 Å². The van der Waals surface area contributed by atoms with Crippen molar-refractivity contribution in [3.8, 4) is 0 Å². The Morgan fingerprint density at radius 3 is 3.22 bits per heavy atom.